The fourth-order valence-electron chi connectivity index (χ4n) is 8.23. The molecule has 0 unspecified atom stereocenters. The zero-order valence-electron chi connectivity index (χ0n) is 32.2. The molecule has 2 aliphatic carbocycles. The van der Waals surface area contributed by atoms with Crippen molar-refractivity contribution < 1.29 is 42.2 Å². The predicted octanol–water partition coefficient (Wildman–Crippen LogP) is 3.90. The standard InChI is InChI=1S/C40H49ClN6O9S/c1-39(2,3)56-38(53)43-31-11-8-6-4-5-7-10-25-19-40(25,37(52)45-57(54,55)26-15-16-26)44-34(49)33-27-22-46(20-24(27)21-47(33)36(31)51)35(50)30-13-9-12-29(42-30)23-14-17-32(48)28(41)18-23/h7,9-10,12-14,17-18,24-27,31,33,48H,4-6,8,11,15-16,19-22H2,1-3H3,(H,43,53)(H,44,49)(H,45,52)/b10-7-/t24-,25+,27-,31-,33-,40-/m0/s1. The van der Waals surface area contributed by atoms with Gasteiger partial charge in [0.05, 0.1) is 16.0 Å². The van der Waals surface area contributed by atoms with E-state index in [0.29, 0.717) is 43.4 Å². The summed E-state index contributed by atoms with van der Waals surface area (Å²) >= 11 is 6.13. The van der Waals surface area contributed by atoms with E-state index in [1.54, 1.807) is 56.0 Å². The number of amides is 5. The Morgan fingerprint density at radius 2 is 1.81 bits per heavy atom. The Morgan fingerprint density at radius 1 is 1.04 bits per heavy atom. The van der Waals surface area contributed by atoms with Crippen molar-refractivity contribution in [3.8, 4) is 17.0 Å². The number of hydrogen-bond donors (Lipinski definition) is 4. The van der Waals surface area contributed by atoms with E-state index in [4.69, 9.17) is 16.3 Å². The molecule has 1 aromatic heterocycles. The first-order valence-corrected chi connectivity index (χ1v) is 21.5. The van der Waals surface area contributed by atoms with Crippen LogP contribution in [-0.4, -0.2) is 106 Å². The van der Waals surface area contributed by atoms with Crippen molar-refractivity contribution in [2.45, 2.75) is 101 Å². The lowest BCUT2D eigenvalue weighted by Crippen LogP contribution is -2.60. The maximum Gasteiger partial charge on any atom is 0.408 e. The van der Waals surface area contributed by atoms with Gasteiger partial charge in [-0.15, -0.1) is 0 Å². The highest BCUT2D eigenvalue weighted by Crippen LogP contribution is 2.47. The Bertz CT molecular complexity index is 2100. The molecular formula is C40H49ClN6O9S. The van der Waals surface area contributed by atoms with Gasteiger partial charge in [0.2, 0.25) is 21.8 Å². The molecule has 2 saturated heterocycles. The minimum atomic E-state index is -3.93. The number of nitrogens with one attached hydrogen (secondary N) is 3. The summed E-state index contributed by atoms with van der Waals surface area (Å²) in [5.41, 5.74) is -1.16. The normalized spacial score (nSPS) is 28.5. The van der Waals surface area contributed by atoms with Gasteiger partial charge in [0.15, 0.2) is 0 Å². The number of likely N-dealkylation sites (tertiary alicyclic amines) is 1. The monoisotopic (exact) mass is 824 g/mol. The first-order valence-electron chi connectivity index (χ1n) is 19.6. The Hall–Kier alpha value is -4.70. The van der Waals surface area contributed by atoms with Crippen LogP contribution in [0.3, 0.4) is 0 Å². The number of fused-ring (bicyclic) bond motifs is 4. The van der Waals surface area contributed by atoms with Gasteiger partial charge in [-0.1, -0.05) is 42.7 Å². The Balaban J connectivity index is 1.18. The van der Waals surface area contributed by atoms with Crippen LogP contribution in [0.5, 0.6) is 5.75 Å². The molecule has 6 atom stereocenters. The van der Waals surface area contributed by atoms with Crippen LogP contribution in [0.4, 0.5) is 4.79 Å². The smallest absolute Gasteiger partial charge is 0.408 e. The minimum Gasteiger partial charge on any atom is -0.506 e. The molecule has 4 N–H and O–H groups in total. The summed E-state index contributed by atoms with van der Waals surface area (Å²) in [6.07, 6.45) is 7.19. The molecule has 17 heteroatoms. The van der Waals surface area contributed by atoms with E-state index in [1.165, 1.54) is 11.0 Å². The van der Waals surface area contributed by atoms with Crippen LogP contribution < -0.4 is 15.4 Å². The van der Waals surface area contributed by atoms with Crippen molar-refractivity contribution in [2.24, 2.45) is 17.8 Å². The molecular weight excluding hydrogens is 776 g/mol. The summed E-state index contributed by atoms with van der Waals surface area (Å²) in [5, 5.41) is 15.0. The maximum atomic E-state index is 14.7. The van der Waals surface area contributed by atoms with Gasteiger partial charge in [-0.25, -0.2) is 18.2 Å². The average Bonchev–Trinajstić information content (AvgIpc) is 4.04. The van der Waals surface area contributed by atoms with Crippen molar-refractivity contribution in [2.75, 3.05) is 19.6 Å². The zero-order valence-corrected chi connectivity index (χ0v) is 33.8. The molecule has 5 amide bonds. The zero-order chi connectivity index (χ0) is 40.9. The second-order valence-corrected chi connectivity index (χ2v) is 19.2. The highest BCUT2D eigenvalue weighted by molar-refractivity contribution is 7.91. The molecule has 2 saturated carbocycles. The van der Waals surface area contributed by atoms with Crippen LogP contribution in [0.2, 0.25) is 5.02 Å². The molecule has 0 spiro atoms. The van der Waals surface area contributed by atoms with Gasteiger partial charge in [-0.2, -0.15) is 0 Å². The van der Waals surface area contributed by atoms with Crippen LogP contribution in [0.25, 0.3) is 11.3 Å². The number of carbonyl (C=O) groups excluding carboxylic acids is 5. The van der Waals surface area contributed by atoms with Gasteiger partial charge >= 0.3 is 6.09 Å². The molecule has 7 rings (SSSR count). The molecule has 306 valence electrons. The van der Waals surface area contributed by atoms with Gasteiger partial charge in [-0.3, -0.25) is 23.9 Å². The quantitative estimate of drug-likeness (QED) is 0.310. The third kappa shape index (κ3) is 8.76. The summed E-state index contributed by atoms with van der Waals surface area (Å²) in [6.45, 7) is 5.54. The molecule has 4 heterocycles. The Labute approximate surface area is 337 Å². The number of phenolic OH excluding ortho intramolecular Hbond substituents is 1. The van der Waals surface area contributed by atoms with Crippen molar-refractivity contribution in [3.63, 3.8) is 0 Å². The number of allylic oxidation sites excluding steroid dienone is 1. The molecule has 0 bridgehead atoms. The van der Waals surface area contributed by atoms with E-state index in [0.717, 1.165) is 12.8 Å². The van der Waals surface area contributed by atoms with Crippen molar-refractivity contribution in [3.05, 3.63) is 59.3 Å². The number of carbonyl (C=O) groups is 5. The van der Waals surface area contributed by atoms with Crippen LogP contribution in [0.1, 0.15) is 82.6 Å². The van der Waals surface area contributed by atoms with E-state index < -0.39 is 74.1 Å². The number of rotatable bonds is 6. The predicted molar refractivity (Wildman–Crippen MR) is 209 cm³/mol. The van der Waals surface area contributed by atoms with Crippen LogP contribution in [0.15, 0.2) is 48.6 Å². The maximum absolute atomic E-state index is 14.7. The number of nitrogens with zero attached hydrogens (tertiary/aromatic N) is 3. The largest absolute Gasteiger partial charge is 0.506 e. The topological polar surface area (TPSA) is 204 Å². The number of aromatic hydroxyl groups is 1. The van der Waals surface area contributed by atoms with Gasteiger partial charge in [0, 0.05) is 43.0 Å². The highest BCUT2D eigenvalue weighted by atomic mass is 35.5. The third-order valence-corrected chi connectivity index (χ3v) is 13.5. The lowest BCUT2D eigenvalue weighted by atomic mass is 9.93. The second-order valence-electron chi connectivity index (χ2n) is 16.9. The average molecular weight is 825 g/mol. The van der Waals surface area contributed by atoms with Crippen LogP contribution in [0, 0.1) is 17.8 Å². The first kappa shape index (κ1) is 40.5. The van der Waals surface area contributed by atoms with E-state index >= 15 is 0 Å². The van der Waals surface area contributed by atoms with Gasteiger partial charge in [-0.05, 0) is 89.6 Å². The summed E-state index contributed by atoms with van der Waals surface area (Å²) < 4.78 is 33.5. The number of benzene rings is 1. The van der Waals surface area contributed by atoms with Gasteiger partial charge < -0.3 is 30.3 Å². The summed E-state index contributed by atoms with van der Waals surface area (Å²) in [4.78, 5) is 77.7. The molecule has 15 nitrogen and oxygen atoms in total. The summed E-state index contributed by atoms with van der Waals surface area (Å²) in [7, 11) is -3.93. The Morgan fingerprint density at radius 3 is 2.53 bits per heavy atom. The fourth-order valence-corrected chi connectivity index (χ4v) is 9.77. The third-order valence-electron chi connectivity index (χ3n) is 11.4. The van der Waals surface area contributed by atoms with E-state index in [2.05, 4.69) is 20.3 Å². The van der Waals surface area contributed by atoms with Gasteiger partial charge in [0.1, 0.15) is 34.7 Å². The fraction of sp³-hybridized carbons (Fsp3) is 0.550. The van der Waals surface area contributed by atoms with E-state index in [-0.39, 0.29) is 54.3 Å². The van der Waals surface area contributed by atoms with Gasteiger partial charge in [0.25, 0.3) is 11.8 Å². The van der Waals surface area contributed by atoms with Crippen LogP contribution in [-0.2, 0) is 29.1 Å². The highest BCUT2D eigenvalue weighted by Gasteiger charge is 2.63. The Kier molecular flexibility index (Phi) is 11.1. The van der Waals surface area contributed by atoms with E-state index in [1.807, 2.05) is 12.2 Å². The number of phenols is 1. The number of halogens is 1. The molecule has 2 aromatic rings. The number of alkyl carbamates (subject to hydrolysis) is 1. The lowest BCUT2D eigenvalue weighted by Gasteiger charge is -2.33. The molecule has 1 aromatic carbocycles. The number of hydrogen-bond acceptors (Lipinski definition) is 10. The van der Waals surface area contributed by atoms with Crippen LogP contribution >= 0.6 is 11.6 Å². The first-order chi connectivity index (χ1) is 27.0. The number of ether oxygens (including phenoxy) is 1. The lowest BCUT2D eigenvalue weighted by molar-refractivity contribution is -0.142. The number of aromatic nitrogens is 1. The van der Waals surface area contributed by atoms with Crippen molar-refractivity contribution in [1.29, 1.82) is 0 Å². The summed E-state index contributed by atoms with van der Waals surface area (Å²) in [6, 6.07) is 7.45. The number of pyridine rings is 1. The molecule has 0 radical (unpaired) electrons. The van der Waals surface area contributed by atoms with Crippen molar-refractivity contribution >= 4 is 51.3 Å². The van der Waals surface area contributed by atoms with Crippen molar-refractivity contribution in [1.82, 2.24) is 30.1 Å². The molecule has 4 fully saturated rings. The SMILES string of the molecule is CC(C)(C)OC(=O)N[C@H]1CCCCC/C=C\[C@@H]2C[C@]2(C(=O)NS(=O)(=O)C2CC2)NC(=O)[C@@H]2[C@H]3CN(C(=O)c4cccc(-c5ccc(O)c(Cl)c5)n4)C[C@H]3CN2C1=O. The molecule has 5 aliphatic rings. The summed E-state index contributed by atoms with van der Waals surface area (Å²) in [5.74, 6) is -3.78. The number of sulfonamides is 1. The molecule has 3 aliphatic heterocycles. The van der Waals surface area contributed by atoms with E-state index in [9.17, 15) is 37.5 Å². The minimum absolute atomic E-state index is 0.0865. The molecule has 57 heavy (non-hydrogen) atoms. The second kappa shape index (κ2) is 15.6.